The fraction of sp³-hybridized carbons (Fsp3) is 0.533. The van der Waals surface area contributed by atoms with Gasteiger partial charge in [0, 0.05) is 18.8 Å². The van der Waals surface area contributed by atoms with Gasteiger partial charge in [-0.3, -0.25) is 4.79 Å². The lowest BCUT2D eigenvalue weighted by molar-refractivity contribution is 0.0667. The number of carboxylic acid groups (broad SMARTS) is 1. The Morgan fingerprint density at radius 2 is 2.05 bits per heavy atom. The fourth-order valence-corrected chi connectivity index (χ4v) is 2.62. The van der Waals surface area contributed by atoms with Gasteiger partial charge in [0.2, 0.25) is 0 Å². The van der Waals surface area contributed by atoms with Crippen molar-refractivity contribution in [3.8, 4) is 0 Å². The summed E-state index contributed by atoms with van der Waals surface area (Å²) in [6, 6.07) is 3.13. The Labute approximate surface area is 118 Å². The number of carbonyl (C=O) groups excluding carboxylic acids is 1. The molecule has 0 aromatic carbocycles. The summed E-state index contributed by atoms with van der Waals surface area (Å²) in [4.78, 5) is 29.0. The Balaban J connectivity index is 2.18. The molecule has 1 amide bonds. The Morgan fingerprint density at radius 3 is 2.65 bits per heavy atom. The minimum absolute atomic E-state index is 0.0427. The van der Waals surface area contributed by atoms with Crippen LogP contribution in [0.5, 0.6) is 0 Å². The lowest BCUT2D eigenvalue weighted by Crippen LogP contribution is -2.39. The smallest absolute Gasteiger partial charge is 0.354 e. The van der Waals surface area contributed by atoms with Gasteiger partial charge in [0.15, 0.2) is 0 Å². The van der Waals surface area contributed by atoms with Crippen LogP contribution in [0.4, 0.5) is 0 Å². The van der Waals surface area contributed by atoms with E-state index in [1.165, 1.54) is 12.3 Å². The summed E-state index contributed by atoms with van der Waals surface area (Å²) < 4.78 is 0. The molecule has 2 rings (SSSR count). The summed E-state index contributed by atoms with van der Waals surface area (Å²) in [6.07, 6.45) is 4.65. The van der Waals surface area contributed by atoms with Crippen molar-refractivity contribution in [1.82, 2.24) is 9.88 Å². The van der Waals surface area contributed by atoms with E-state index in [0.29, 0.717) is 11.5 Å². The molecule has 5 heteroatoms. The van der Waals surface area contributed by atoms with Crippen molar-refractivity contribution in [2.24, 2.45) is 5.92 Å². The van der Waals surface area contributed by atoms with Gasteiger partial charge in [-0.1, -0.05) is 13.3 Å². The zero-order valence-electron chi connectivity index (χ0n) is 11.9. The number of pyridine rings is 1. The zero-order valence-corrected chi connectivity index (χ0v) is 11.9. The van der Waals surface area contributed by atoms with Crippen LogP contribution in [-0.2, 0) is 0 Å². The van der Waals surface area contributed by atoms with Crippen LogP contribution in [-0.4, -0.2) is 39.5 Å². The molecule has 1 saturated heterocycles. The van der Waals surface area contributed by atoms with E-state index >= 15 is 0 Å². The number of rotatable bonds is 2. The number of hydrogen-bond donors (Lipinski definition) is 1. The van der Waals surface area contributed by atoms with Gasteiger partial charge in [-0.05, 0) is 37.8 Å². The summed E-state index contributed by atoms with van der Waals surface area (Å²) in [6.45, 7) is 4.97. The highest BCUT2D eigenvalue weighted by Crippen LogP contribution is 2.22. The number of hydrogen-bond acceptors (Lipinski definition) is 3. The third-order valence-corrected chi connectivity index (χ3v) is 3.85. The van der Waals surface area contributed by atoms with Gasteiger partial charge >= 0.3 is 5.97 Å². The first kappa shape index (κ1) is 14.5. The molecule has 1 aliphatic heterocycles. The van der Waals surface area contributed by atoms with Crippen LogP contribution in [0.15, 0.2) is 18.3 Å². The molecule has 2 heterocycles. The van der Waals surface area contributed by atoms with Crippen LogP contribution in [0.2, 0.25) is 0 Å². The molecular formula is C15H20N2O3. The molecule has 0 spiro atoms. The van der Waals surface area contributed by atoms with Crippen molar-refractivity contribution < 1.29 is 14.7 Å². The van der Waals surface area contributed by atoms with E-state index < -0.39 is 5.97 Å². The maximum Gasteiger partial charge on any atom is 0.354 e. The molecular weight excluding hydrogens is 256 g/mol. The third kappa shape index (κ3) is 3.15. The Hall–Kier alpha value is -1.91. The first-order valence-corrected chi connectivity index (χ1v) is 6.99. The molecule has 1 fully saturated rings. The number of aromatic nitrogens is 1. The second-order valence-corrected chi connectivity index (χ2v) is 5.58. The summed E-state index contributed by atoms with van der Waals surface area (Å²) in [5.41, 5.74) is 0.412. The van der Waals surface area contributed by atoms with Crippen LogP contribution in [0, 0.1) is 5.92 Å². The Bertz CT molecular complexity index is 498. The number of aromatic carboxylic acids is 1. The average molecular weight is 276 g/mol. The lowest BCUT2D eigenvalue weighted by Gasteiger charge is -2.28. The number of carboxylic acids is 1. The van der Waals surface area contributed by atoms with E-state index in [4.69, 9.17) is 5.11 Å². The third-order valence-electron chi connectivity index (χ3n) is 3.85. The average Bonchev–Trinajstić information content (AvgIpc) is 2.59. The van der Waals surface area contributed by atoms with Gasteiger partial charge in [0.25, 0.3) is 5.91 Å². The van der Waals surface area contributed by atoms with Crippen molar-refractivity contribution in [1.29, 1.82) is 0 Å². The molecule has 0 bridgehead atoms. The number of nitrogens with zero attached hydrogens (tertiary/aromatic N) is 2. The van der Waals surface area contributed by atoms with Crippen LogP contribution < -0.4 is 0 Å². The highest BCUT2D eigenvalue weighted by molar-refractivity contribution is 5.95. The van der Waals surface area contributed by atoms with Crippen molar-refractivity contribution >= 4 is 11.9 Å². The molecule has 20 heavy (non-hydrogen) atoms. The molecule has 5 nitrogen and oxygen atoms in total. The molecule has 2 unspecified atom stereocenters. The van der Waals surface area contributed by atoms with Crippen LogP contribution in [0.25, 0.3) is 0 Å². The van der Waals surface area contributed by atoms with Crippen LogP contribution in [0.3, 0.4) is 0 Å². The maximum atomic E-state index is 12.5. The van der Waals surface area contributed by atoms with Crippen molar-refractivity contribution in [2.45, 2.75) is 39.2 Å². The highest BCUT2D eigenvalue weighted by Gasteiger charge is 2.26. The summed E-state index contributed by atoms with van der Waals surface area (Å²) in [7, 11) is 0. The van der Waals surface area contributed by atoms with Crippen LogP contribution in [0.1, 0.15) is 54.0 Å². The maximum absolute atomic E-state index is 12.5. The molecule has 1 aliphatic rings. The summed E-state index contributed by atoms with van der Waals surface area (Å²) in [5, 5.41) is 8.82. The van der Waals surface area contributed by atoms with E-state index in [0.717, 1.165) is 25.8 Å². The van der Waals surface area contributed by atoms with Gasteiger partial charge in [0.05, 0.1) is 5.56 Å². The van der Waals surface area contributed by atoms with E-state index in [2.05, 4.69) is 18.8 Å². The first-order chi connectivity index (χ1) is 9.49. The second-order valence-electron chi connectivity index (χ2n) is 5.58. The predicted octanol–water partition coefficient (Wildman–Crippen LogP) is 2.43. The standard InChI is InChI=1S/C15H20N2O3/c1-10-4-3-5-11(2)17(9-10)14(18)12-6-7-13(15(19)20)16-8-12/h6-8,10-11H,3-5,9H2,1-2H3,(H,19,20). The molecule has 1 N–H and O–H groups in total. The molecule has 0 radical (unpaired) electrons. The largest absolute Gasteiger partial charge is 0.477 e. The quantitative estimate of drug-likeness (QED) is 0.900. The fourth-order valence-electron chi connectivity index (χ4n) is 2.62. The summed E-state index contributed by atoms with van der Waals surface area (Å²) in [5.74, 6) is -0.647. The van der Waals surface area contributed by atoms with E-state index in [1.54, 1.807) is 6.07 Å². The number of carbonyl (C=O) groups is 2. The highest BCUT2D eigenvalue weighted by atomic mass is 16.4. The zero-order chi connectivity index (χ0) is 14.7. The molecule has 2 atom stereocenters. The van der Waals surface area contributed by atoms with Gasteiger partial charge < -0.3 is 10.0 Å². The van der Waals surface area contributed by atoms with E-state index in [9.17, 15) is 9.59 Å². The number of amides is 1. The first-order valence-electron chi connectivity index (χ1n) is 6.99. The van der Waals surface area contributed by atoms with Gasteiger partial charge in [-0.2, -0.15) is 0 Å². The van der Waals surface area contributed by atoms with Crippen molar-refractivity contribution in [3.05, 3.63) is 29.6 Å². The minimum atomic E-state index is -1.08. The number of likely N-dealkylation sites (tertiary alicyclic amines) is 1. The molecule has 1 aromatic rings. The molecule has 108 valence electrons. The van der Waals surface area contributed by atoms with Gasteiger partial charge in [-0.15, -0.1) is 0 Å². The monoisotopic (exact) mass is 276 g/mol. The minimum Gasteiger partial charge on any atom is -0.477 e. The van der Waals surface area contributed by atoms with Gasteiger partial charge in [-0.25, -0.2) is 9.78 Å². The summed E-state index contributed by atoms with van der Waals surface area (Å²) >= 11 is 0. The molecule has 0 saturated carbocycles. The van der Waals surface area contributed by atoms with Crippen molar-refractivity contribution in [3.63, 3.8) is 0 Å². The molecule has 0 aliphatic carbocycles. The Morgan fingerprint density at radius 1 is 1.30 bits per heavy atom. The topological polar surface area (TPSA) is 70.5 Å². The van der Waals surface area contributed by atoms with Gasteiger partial charge in [0.1, 0.15) is 5.69 Å². The van der Waals surface area contributed by atoms with E-state index in [-0.39, 0.29) is 17.6 Å². The Kier molecular flexibility index (Phi) is 4.37. The SMILES string of the molecule is CC1CCCC(C)N(C(=O)c2ccc(C(=O)O)nc2)C1. The van der Waals surface area contributed by atoms with E-state index in [1.807, 2.05) is 4.90 Å². The molecule has 1 aromatic heterocycles. The predicted molar refractivity (Wildman–Crippen MR) is 74.7 cm³/mol. The van der Waals surface area contributed by atoms with Crippen LogP contribution >= 0.6 is 0 Å². The second kappa shape index (κ2) is 6.03. The lowest BCUT2D eigenvalue weighted by atomic mass is 10.1. The normalized spacial score (nSPS) is 23.2. The van der Waals surface area contributed by atoms with Crippen molar-refractivity contribution in [2.75, 3.05) is 6.54 Å².